The maximum absolute atomic E-state index is 14.0. The van der Waals surface area contributed by atoms with Crippen LogP contribution in [0.15, 0.2) is 41.3 Å². The molecule has 8 nitrogen and oxygen atoms in total. The number of halogens is 1. The lowest BCUT2D eigenvalue weighted by molar-refractivity contribution is 0.0746. The zero-order valence-electron chi connectivity index (χ0n) is 18.3. The number of piperazine rings is 1. The highest BCUT2D eigenvalue weighted by Gasteiger charge is 2.27. The van der Waals surface area contributed by atoms with Crippen LogP contribution in [0.2, 0.25) is 0 Å². The van der Waals surface area contributed by atoms with Gasteiger partial charge in [0.1, 0.15) is 11.9 Å². The molecule has 2 fully saturated rings. The van der Waals surface area contributed by atoms with Crippen molar-refractivity contribution in [3.63, 3.8) is 0 Å². The summed E-state index contributed by atoms with van der Waals surface area (Å²) in [6.45, 7) is 4.14. The molecule has 1 amide bonds. The van der Waals surface area contributed by atoms with Gasteiger partial charge in [0.25, 0.3) is 5.91 Å². The van der Waals surface area contributed by atoms with Crippen molar-refractivity contribution in [1.82, 2.24) is 4.90 Å². The second-order valence-corrected chi connectivity index (χ2v) is 10.1. The number of rotatable bonds is 4. The molecule has 2 heterocycles. The fourth-order valence-corrected chi connectivity index (χ4v) is 4.77. The smallest absolute Gasteiger partial charge is 0.256 e. The van der Waals surface area contributed by atoms with Crippen molar-refractivity contribution < 1.29 is 22.3 Å². The largest absolute Gasteiger partial charge is 0.378 e. The van der Waals surface area contributed by atoms with E-state index in [0.717, 1.165) is 6.26 Å². The number of benzene rings is 2. The number of hydrogen-bond acceptors (Lipinski definition) is 7. The van der Waals surface area contributed by atoms with E-state index in [9.17, 15) is 17.6 Å². The Balaban J connectivity index is 1.55. The maximum atomic E-state index is 14.0. The molecule has 0 N–H and O–H groups in total. The fraction of sp³-hybridized carbons (Fsp3) is 0.391. The van der Waals surface area contributed by atoms with Gasteiger partial charge in [0.05, 0.1) is 29.2 Å². The minimum Gasteiger partial charge on any atom is -0.378 e. The van der Waals surface area contributed by atoms with Crippen molar-refractivity contribution in [3.8, 4) is 6.07 Å². The number of ether oxygens (including phenoxy) is 1. The molecule has 0 unspecified atom stereocenters. The number of sulfone groups is 1. The second kappa shape index (κ2) is 9.37. The minimum atomic E-state index is -3.47. The molecule has 10 heteroatoms. The first-order chi connectivity index (χ1) is 15.8. The Morgan fingerprint density at radius 2 is 1.70 bits per heavy atom. The molecule has 0 aromatic heterocycles. The van der Waals surface area contributed by atoms with Crippen LogP contribution in [-0.4, -0.2) is 78.0 Å². The van der Waals surface area contributed by atoms with E-state index in [1.165, 1.54) is 24.3 Å². The average Bonchev–Trinajstić information content (AvgIpc) is 2.83. The standard InChI is InChI=1S/C23H25FN4O4S/c1-33(30,31)19-4-5-22(27-10-12-32-13-11-27)20(15-19)23(29)28-8-6-26(7-9-28)18-3-2-17(16-25)21(24)14-18/h2-5,14-15H,6-13H2,1H3. The highest BCUT2D eigenvalue weighted by Crippen LogP contribution is 2.28. The van der Waals surface area contributed by atoms with E-state index < -0.39 is 15.7 Å². The number of morpholine rings is 1. The van der Waals surface area contributed by atoms with Crippen LogP contribution < -0.4 is 9.80 Å². The third-order valence-electron chi connectivity index (χ3n) is 5.98. The van der Waals surface area contributed by atoms with Crippen molar-refractivity contribution in [2.45, 2.75) is 4.90 Å². The SMILES string of the molecule is CS(=O)(=O)c1ccc(N2CCOCC2)c(C(=O)N2CCN(c3ccc(C#N)c(F)c3)CC2)c1. The van der Waals surface area contributed by atoms with Gasteiger partial charge in [0, 0.05) is 56.9 Å². The first kappa shape index (κ1) is 23.0. The zero-order chi connectivity index (χ0) is 23.6. The molecule has 2 aliphatic heterocycles. The first-order valence-corrected chi connectivity index (χ1v) is 12.6. The first-order valence-electron chi connectivity index (χ1n) is 10.7. The maximum Gasteiger partial charge on any atom is 0.256 e. The molecule has 0 radical (unpaired) electrons. The van der Waals surface area contributed by atoms with E-state index in [2.05, 4.69) is 0 Å². The Kier molecular flexibility index (Phi) is 6.54. The molecule has 4 rings (SSSR count). The molecule has 174 valence electrons. The van der Waals surface area contributed by atoms with Crippen molar-refractivity contribution in [1.29, 1.82) is 5.26 Å². The molecule has 0 bridgehead atoms. The Hall–Kier alpha value is -3.16. The van der Waals surface area contributed by atoms with Crippen LogP contribution in [0.25, 0.3) is 0 Å². The van der Waals surface area contributed by atoms with Gasteiger partial charge in [-0.1, -0.05) is 0 Å². The lowest BCUT2D eigenvalue weighted by atomic mass is 10.1. The second-order valence-electron chi connectivity index (χ2n) is 8.11. The van der Waals surface area contributed by atoms with Crippen LogP contribution in [0.3, 0.4) is 0 Å². The highest BCUT2D eigenvalue weighted by molar-refractivity contribution is 7.90. The lowest BCUT2D eigenvalue weighted by Crippen LogP contribution is -2.49. The van der Waals surface area contributed by atoms with Crippen LogP contribution in [0, 0.1) is 17.1 Å². The van der Waals surface area contributed by atoms with Gasteiger partial charge in [-0.05, 0) is 36.4 Å². The van der Waals surface area contributed by atoms with Crippen LogP contribution in [0.5, 0.6) is 0 Å². The topological polar surface area (TPSA) is 93.9 Å². The number of nitriles is 1. The van der Waals surface area contributed by atoms with Gasteiger partial charge >= 0.3 is 0 Å². The van der Waals surface area contributed by atoms with Crippen molar-refractivity contribution >= 4 is 27.1 Å². The molecule has 0 saturated carbocycles. The summed E-state index contributed by atoms with van der Waals surface area (Å²) in [7, 11) is -3.47. The summed E-state index contributed by atoms with van der Waals surface area (Å²) in [6.07, 6.45) is 1.13. The van der Waals surface area contributed by atoms with E-state index in [-0.39, 0.29) is 16.4 Å². The van der Waals surface area contributed by atoms with Crippen LogP contribution in [-0.2, 0) is 14.6 Å². The van der Waals surface area contributed by atoms with E-state index >= 15 is 0 Å². The van der Waals surface area contributed by atoms with E-state index in [1.54, 1.807) is 17.0 Å². The molecule has 33 heavy (non-hydrogen) atoms. The van der Waals surface area contributed by atoms with Gasteiger partial charge in [-0.3, -0.25) is 4.79 Å². The molecule has 2 aromatic rings. The molecular formula is C23H25FN4O4S. The number of amides is 1. The molecular weight excluding hydrogens is 447 g/mol. The predicted molar refractivity (Wildman–Crippen MR) is 122 cm³/mol. The number of hydrogen-bond donors (Lipinski definition) is 0. The van der Waals surface area contributed by atoms with Crippen molar-refractivity contribution in [2.75, 3.05) is 68.5 Å². The summed E-state index contributed by atoms with van der Waals surface area (Å²) in [6, 6.07) is 11.0. The average molecular weight is 473 g/mol. The summed E-state index contributed by atoms with van der Waals surface area (Å²) >= 11 is 0. The minimum absolute atomic E-state index is 0.00559. The monoisotopic (exact) mass is 472 g/mol. The Morgan fingerprint density at radius 3 is 2.30 bits per heavy atom. The molecule has 0 spiro atoms. The summed E-state index contributed by atoms with van der Waals surface area (Å²) in [5.74, 6) is -0.797. The summed E-state index contributed by atoms with van der Waals surface area (Å²) in [5, 5.41) is 8.91. The van der Waals surface area contributed by atoms with Gasteiger partial charge in [0.15, 0.2) is 9.84 Å². The number of anilines is 2. The predicted octanol–water partition coefficient (Wildman–Crippen LogP) is 1.90. The van der Waals surface area contributed by atoms with E-state index in [4.69, 9.17) is 10.00 Å². The molecule has 2 aliphatic rings. The number of carbonyl (C=O) groups excluding carboxylic acids is 1. The normalized spacial score (nSPS) is 17.1. The molecule has 2 saturated heterocycles. The number of carbonyl (C=O) groups is 1. The lowest BCUT2D eigenvalue weighted by Gasteiger charge is -2.37. The van der Waals surface area contributed by atoms with Crippen molar-refractivity contribution in [2.24, 2.45) is 0 Å². The molecule has 0 atom stereocenters. The van der Waals surface area contributed by atoms with E-state index in [1.807, 2.05) is 15.9 Å². The summed E-state index contributed by atoms with van der Waals surface area (Å²) < 4.78 is 43.7. The fourth-order valence-electron chi connectivity index (χ4n) is 4.13. The van der Waals surface area contributed by atoms with E-state index in [0.29, 0.717) is 69.4 Å². The Morgan fingerprint density at radius 1 is 1.00 bits per heavy atom. The summed E-state index contributed by atoms with van der Waals surface area (Å²) in [4.78, 5) is 19.3. The molecule has 2 aromatic carbocycles. The van der Waals surface area contributed by atoms with Gasteiger partial charge in [-0.2, -0.15) is 5.26 Å². The highest BCUT2D eigenvalue weighted by atomic mass is 32.2. The Labute approximate surface area is 192 Å². The van der Waals surface area contributed by atoms with Gasteiger partial charge in [-0.25, -0.2) is 12.8 Å². The van der Waals surface area contributed by atoms with Crippen LogP contribution >= 0.6 is 0 Å². The van der Waals surface area contributed by atoms with Crippen LogP contribution in [0.4, 0.5) is 15.8 Å². The third kappa shape index (κ3) is 4.94. The van der Waals surface area contributed by atoms with Gasteiger partial charge < -0.3 is 19.4 Å². The molecule has 0 aliphatic carbocycles. The van der Waals surface area contributed by atoms with Crippen LogP contribution in [0.1, 0.15) is 15.9 Å². The number of nitrogens with zero attached hydrogens (tertiary/aromatic N) is 4. The Bertz CT molecular complexity index is 1200. The van der Waals surface area contributed by atoms with Gasteiger partial charge in [0.2, 0.25) is 0 Å². The zero-order valence-corrected chi connectivity index (χ0v) is 19.1. The third-order valence-corrected chi connectivity index (χ3v) is 7.09. The quantitative estimate of drug-likeness (QED) is 0.671. The summed E-state index contributed by atoms with van der Waals surface area (Å²) in [5.41, 5.74) is 1.71. The van der Waals surface area contributed by atoms with Gasteiger partial charge in [-0.15, -0.1) is 0 Å². The van der Waals surface area contributed by atoms with Crippen molar-refractivity contribution in [3.05, 3.63) is 53.3 Å².